The molecule has 0 bridgehead atoms. The van der Waals surface area contributed by atoms with E-state index in [-0.39, 0.29) is 5.69 Å². The lowest BCUT2D eigenvalue weighted by atomic mass is 10.0. The van der Waals surface area contributed by atoms with E-state index in [1.165, 1.54) is 12.1 Å². The number of anilines is 1. The minimum absolute atomic E-state index is 0.136. The molecule has 1 aromatic carbocycles. The third-order valence-electron chi connectivity index (χ3n) is 4.76. The second-order valence-electron chi connectivity index (χ2n) is 7.00. The number of carbonyl (C=O) groups excluding carboxylic acids is 1. The number of halogens is 1. The third-order valence-corrected chi connectivity index (χ3v) is 4.76. The van der Waals surface area contributed by atoms with Gasteiger partial charge in [0.1, 0.15) is 5.82 Å². The largest absolute Gasteiger partial charge is 0.379 e. The van der Waals surface area contributed by atoms with E-state index in [1.807, 2.05) is 6.07 Å². The molecule has 0 radical (unpaired) electrons. The number of hydrazone groups is 1. The molecule has 1 saturated heterocycles. The van der Waals surface area contributed by atoms with Gasteiger partial charge < -0.3 is 15.5 Å². The number of nitrogens with zero attached hydrogens (tertiary/aromatic N) is 3. The minimum Gasteiger partial charge on any atom is -0.379 e. The Hall–Kier alpha value is -3.36. The van der Waals surface area contributed by atoms with Gasteiger partial charge in [0.2, 0.25) is 5.91 Å². The minimum atomic E-state index is -0.466. The first-order valence-electron chi connectivity index (χ1n) is 9.97. The Morgan fingerprint density at radius 1 is 1.35 bits per heavy atom. The first kappa shape index (κ1) is 22.3. The van der Waals surface area contributed by atoms with E-state index in [4.69, 9.17) is 4.74 Å². The summed E-state index contributed by atoms with van der Waals surface area (Å²) in [4.78, 5) is 18.6. The van der Waals surface area contributed by atoms with Crippen LogP contribution in [0, 0.1) is 5.82 Å². The molecule has 0 saturated carbocycles. The quantitative estimate of drug-likeness (QED) is 0.388. The van der Waals surface area contributed by atoms with Crippen LogP contribution in [0.2, 0.25) is 0 Å². The molecule has 0 atom stereocenters. The smallest absolute Gasteiger partial charge is 0.248 e. The molecule has 1 aliphatic rings. The van der Waals surface area contributed by atoms with Crippen molar-refractivity contribution in [2.45, 2.75) is 6.54 Å². The summed E-state index contributed by atoms with van der Waals surface area (Å²) in [7, 11) is 1.69. The fraction of sp³-hybridized carbons (Fsp3) is 0.261. The normalized spacial score (nSPS) is 14.8. The predicted octanol–water partition coefficient (Wildman–Crippen LogP) is 2.92. The van der Waals surface area contributed by atoms with Crippen LogP contribution in [0.1, 0.15) is 16.7 Å². The topological polar surface area (TPSA) is 78.8 Å². The monoisotopic (exact) mass is 423 g/mol. The lowest BCUT2D eigenvalue weighted by molar-refractivity contribution is -0.111. The van der Waals surface area contributed by atoms with E-state index in [0.717, 1.165) is 24.2 Å². The molecule has 0 aliphatic carbocycles. The molecular weight excluding hydrogens is 397 g/mol. The maximum atomic E-state index is 14.5. The SMILES string of the molecule is C=C(/C=N\NC)c1ccncc1/C=C/C(=O)Nc1ccc(CN2CCOCC2)cc1F. The molecule has 7 nitrogen and oxygen atoms in total. The number of hydrogen-bond donors (Lipinski definition) is 2. The summed E-state index contributed by atoms with van der Waals surface area (Å²) in [6, 6.07) is 6.65. The molecule has 2 N–H and O–H groups in total. The molecule has 2 heterocycles. The van der Waals surface area contributed by atoms with Crippen LogP contribution < -0.4 is 10.7 Å². The third kappa shape index (κ3) is 6.56. The van der Waals surface area contributed by atoms with E-state index in [0.29, 0.717) is 30.9 Å². The lowest BCUT2D eigenvalue weighted by Gasteiger charge is -2.26. The second-order valence-corrected chi connectivity index (χ2v) is 7.00. The Labute approximate surface area is 181 Å². The lowest BCUT2D eigenvalue weighted by Crippen LogP contribution is -2.35. The summed E-state index contributed by atoms with van der Waals surface area (Å²) >= 11 is 0. The Balaban J connectivity index is 1.64. The molecule has 2 aromatic rings. The number of carbonyl (C=O) groups is 1. The highest BCUT2D eigenvalue weighted by molar-refractivity contribution is 6.10. The number of morpholine rings is 1. The van der Waals surface area contributed by atoms with Crippen molar-refractivity contribution >= 4 is 29.5 Å². The summed E-state index contributed by atoms with van der Waals surface area (Å²) in [5.74, 6) is -0.907. The van der Waals surface area contributed by atoms with Gasteiger partial charge in [-0.3, -0.25) is 14.7 Å². The standard InChI is InChI=1S/C23H26FN5O2/c1-17(14-27-25-2)20-7-8-26-15-19(20)4-6-23(30)28-22-5-3-18(13-21(22)24)16-29-9-11-31-12-10-29/h3-8,13-15,25H,1,9-12,16H2,2H3,(H,28,30)/b6-4+,27-14-. The molecule has 0 unspecified atom stereocenters. The van der Waals surface area contributed by atoms with Crippen LogP contribution in [0.5, 0.6) is 0 Å². The number of hydrogen-bond acceptors (Lipinski definition) is 6. The summed E-state index contributed by atoms with van der Waals surface area (Å²) in [6.07, 6.45) is 7.79. The second kappa shape index (κ2) is 11.1. The van der Waals surface area contributed by atoms with Crippen molar-refractivity contribution in [1.29, 1.82) is 0 Å². The van der Waals surface area contributed by atoms with Crippen molar-refractivity contribution in [3.8, 4) is 0 Å². The van der Waals surface area contributed by atoms with Crippen LogP contribution in [0.15, 0.2) is 54.4 Å². The fourth-order valence-electron chi connectivity index (χ4n) is 3.16. The molecule has 3 rings (SSSR count). The van der Waals surface area contributed by atoms with Gasteiger partial charge in [-0.2, -0.15) is 5.10 Å². The molecule has 8 heteroatoms. The number of nitrogens with one attached hydrogen (secondary N) is 2. The Morgan fingerprint density at radius 3 is 2.90 bits per heavy atom. The van der Waals surface area contributed by atoms with Crippen molar-refractivity contribution < 1.29 is 13.9 Å². The van der Waals surface area contributed by atoms with Crippen molar-refractivity contribution in [1.82, 2.24) is 15.3 Å². The first-order chi connectivity index (χ1) is 15.1. The van der Waals surface area contributed by atoms with Crippen molar-refractivity contribution in [2.24, 2.45) is 5.10 Å². The molecule has 1 fully saturated rings. The highest BCUT2D eigenvalue weighted by Gasteiger charge is 2.12. The van der Waals surface area contributed by atoms with Crippen LogP contribution in [0.25, 0.3) is 11.6 Å². The van der Waals surface area contributed by atoms with Gasteiger partial charge in [0, 0.05) is 50.7 Å². The van der Waals surface area contributed by atoms with Crippen molar-refractivity contribution in [3.63, 3.8) is 0 Å². The van der Waals surface area contributed by atoms with Gasteiger partial charge in [0.05, 0.1) is 25.1 Å². The summed E-state index contributed by atoms with van der Waals surface area (Å²) < 4.78 is 19.8. The van der Waals surface area contributed by atoms with E-state index in [9.17, 15) is 9.18 Å². The molecule has 1 amide bonds. The number of benzene rings is 1. The van der Waals surface area contributed by atoms with Gasteiger partial charge in [-0.05, 0) is 41.0 Å². The van der Waals surface area contributed by atoms with E-state index in [1.54, 1.807) is 43.9 Å². The number of aromatic nitrogens is 1. The van der Waals surface area contributed by atoms with Gasteiger partial charge in [-0.15, -0.1) is 0 Å². The van der Waals surface area contributed by atoms with Gasteiger partial charge in [0.15, 0.2) is 0 Å². The van der Waals surface area contributed by atoms with Crippen LogP contribution in [0.3, 0.4) is 0 Å². The van der Waals surface area contributed by atoms with Crippen LogP contribution in [-0.4, -0.2) is 55.4 Å². The Bertz CT molecular complexity index is 984. The maximum absolute atomic E-state index is 14.5. The maximum Gasteiger partial charge on any atom is 0.248 e. The highest BCUT2D eigenvalue weighted by atomic mass is 19.1. The van der Waals surface area contributed by atoms with Gasteiger partial charge in [-0.1, -0.05) is 12.6 Å². The Morgan fingerprint density at radius 2 is 2.16 bits per heavy atom. The molecular formula is C23H26FN5O2. The zero-order valence-electron chi connectivity index (χ0n) is 17.5. The summed E-state index contributed by atoms with van der Waals surface area (Å²) in [5.41, 5.74) is 5.81. The molecule has 162 valence electrons. The van der Waals surface area contributed by atoms with E-state index >= 15 is 0 Å². The van der Waals surface area contributed by atoms with Crippen LogP contribution in [0.4, 0.5) is 10.1 Å². The average Bonchev–Trinajstić information content (AvgIpc) is 2.79. The van der Waals surface area contributed by atoms with Crippen molar-refractivity contribution in [3.05, 3.63) is 71.8 Å². The zero-order valence-corrected chi connectivity index (χ0v) is 17.5. The molecule has 1 aliphatic heterocycles. The number of rotatable bonds is 8. The van der Waals surface area contributed by atoms with E-state index in [2.05, 4.69) is 32.3 Å². The van der Waals surface area contributed by atoms with Gasteiger partial charge >= 0.3 is 0 Å². The number of pyridine rings is 1. The molecule has 0 spiro atoms. The molecule has 1 aromatic heterocycles. The van der Waals surface area contributed by atoms with Crippen molar-refractivity contribution in [2.75, 3.05) is 38.7 Å². The number of amides is 1. The summed E-state index contributed by atoms with van der Waals surface area (Å²) in [5, 5.41) is 6.53. The Kier molecular flexibility index (Phi) is 8.03. The number of ether oxygens (including phenoxy) is 1. The number of allylic oxidation sites excluding steroid dienone is 1. The van der Waals surface area contributed by atoms with Gasteiger partial charge in [0.25, 0.3) is 0 Å². The average molecular weight is 423 g/mol. The van der Waals surface area contributed by atoms with Crippen LogP contribution in [-0.2, 0) is 16.1 Å². The summed E-state index contributed by atoms with van der Waals surface area (Å²) in [6.45, 7) is 7.66. The molecule has 31 heavy (non-hydrogen) atoms. The van der Waals surface area contributed by atoms with E-state index < -0.39 is 11.7 Å². The van der Waals surface area contributed by atoms with Gasteiger partial charge in [-0.25, -0.2) is 4.39 Å². The predicted molar refractivity (Wildman–Crippen MR) is 121 cm³/mol. The fourth-order valence-corrected chi connectivity index (χ4v) is 3.16. The first-order valence-corrected chi connectivity index (χ1v) is 9.97. The zero-order chi connectivity index (χ0) is 22.1. The highest BCUT2D eigenvalue weighted by Crippen LogP contribution is 2.19. The van der Waals surface area contributed by atoms with Crippen LogP contribution >= 0.6 is 0 Å².